The van der Waals surface area contributed by atoms with E-state index >= 15 is 0 Å². The Bertz CT molecular complexity index is 628. The topological polar surface area (TPSA) is 76.4 Å². The molecule has 0 aliphatic heterocycles. The number of ether oxygens (including phenoxy) is 1. The van der Waals surface area contributed by atoms with Crippen LogP contribution in [0.25, 0.3) is 5.69 Å². The van der Waals surface area contributed by atoms with Crippen LogP contribution in [0, 0.1) is 5.82 Å². The van der Waals surface area contributed by atoms with Gasteiger partial charge in [0.05, 0.1) is 30.5 Å². The van der Waals surface area contributed by atoms with Crippen LogP contribution >= 0.6 is 0 Å². The predicted molar refractivity (Wildman–Crippen MR) is 82.7 cm³/mol. The highest BCUT2D eigenvalue weighted by Gasteiger charge is 2.09. The molecule has 2 rings (SSSR count). The fourth-order valence-electron chi connectivity index (χ4n) is 2.07. The molecule has 7 heteroatoms. The fraction of sp³-hybridized carbons (Fsp3) is 0.375. The first-order chi connectivity index (χ1) is 11.1. The first-order valence-electron chi connectivity index (χ1n) is 7.32. The maximum atomic E-state index is 12.9. The van der Waals surface area contributed by atoms with E-state index in [0.29, 0.717) is 18.7 Å². The average molecular weight is 321 g/mol. The van der Waals surface area contributed by atoms with Crippen molar-refractivity contribution in [3.8, 4) is 5.69 Å². The maximum Gasteiger partial charge on any atom is 0.226 e. The monoisotopic (exact) mass is 321 g/mol. The molecule has 2 N–H and O–H groups in total. The molecule has 0 radical (unpaired) electrons. The van der Waals surface area contributed by atoms with Gasteiger partial charge in [0.15, 0.2) is 0 Å². The van der Waals surface area contributed by atoms with Gasteiger partial charge in [-0.3, -0.25) is 4.79 Å². The van der Waals surface area contributed by atoms with Crippen LogP contribution in [0.5, 0.6) is 0 Å². The molecular weight excluding hydrogens is 301 g/mol. The molecular formula is C16H20FN3O3. The van der Waals surface area contributed by atoms with Crippen molar-refractivity contribution in [2.24, 2.45) is 0 Å². The molecule has 1 aromatic heterocycles. The minimum Gasteiger partial charge on any atom is -0.391 e. The van der Waals surface area contributed by atoms with Gasteiger partial charge in [0.2, 0.25) is 5.91 Å². The number of nitrogens with one attached hydrogen (secondary N) is 1. The molecule has 0 saturated heterocycles. The third-order valence-corrected chi connectivity index (χ3v) is 3.24. The third-order valence-electron chi connectivity index (χ3n) is 3.24. The van der Waals surface area contributed by atoms with Gasteiger partial charge in [-0.25, -0.2) is 9.07 Å². The van der Waals surface area contributed by atoms with Crippen molar-refractivity contribution < 1.29 is 19.0 Å². The van der Waals surface area contributed by atoms with Gasteiger partial charge in [0.1, 0.15) is 5.82 Å². The van der Waals surface area contributed by atoms with Crippen LogP contribution in [-0.4, -0.2) is 47.2 Å². The van der Waals surface area contributed by atoms with E-state index in [1.54, 1.807) is 29.1 Å². The SMILES string of the molecule is COCC(O)CCNC(=O)Cc1ccn(-c2ccc(F)cc2)n1. The number of methoxy groups -OCH3 is 1. The lowest BCUT2D eigenvalue weighted by Gasteiger charge is -2.09. The Labute approximate surface area is 133 Å². The summed E-state index contributed by atoms with van der Waals surface area (Å²) in [6.45, 7) is 0.625. The summed E-state index contributed by atoms with van der Waals surface area (Å²) in [5.41, 5.74) is 1.34. The van der Waals surface area contributed by atoms with Gasteiger partial charge in [-0.1, -0.05) is 0 Å². The van der Waals surface area contributed by atoms with Crippen molar-refractivity contribution in [1.82, 2.24) is 15.1 Å². The number of halogens is 1. The second-order valence-electron chi connectivity index (χ2n) is 5.15. The second-order valence-corrected chi connectivity index (χ2v) is 5.15. The quantitative estimate of drug-likeness (QED) is 0.762. The molecule has 0 fully saturated rings. The van der Waals surface area contributed by atoms with Crippen molar-refractivity contribution in [3.05, 3.63) is 48.0 Å². The Hall–Kier alpha value is -2.25. The zero-order valence-corrected chi connectivity index (χ0v) is 12.9. The summed E-state index contributed by atoms with van der Waals surface area (Å²) in [5, 5.41) is 16.5. The number of aromatic nitrogens is 2. The summed E-state index contributed by atoms with van der Waals surface area (Å²) in [6, 6.07) is 7.68. The second kappa shape index (κ2) is 8.40. The van der Waals surface area contributed by atoms with Crippen LogP contribution in [0.2, 0.25) is 0 Å². The van der Waals surface area contributed by atoms with E-state index in [-0.39, 0.29) is 24.8 Å². The molecule has 124 valence electrons. The summed E-state index contributed by atoms with van der Waals surface area (Å²) in [4.78, 5) is 11.8. The lowest BCUT2D eigenvalue weighted by molar-refractivity contribution is -0.120. The molecule has 23 heavy (non-hydrogen) atoms. The van der Waals surface area contributed by atoms with E-state index in [0.717, 1.165) is 5.69 Å². The molecule has 1 aromatic carbocycles. The lowest BCUT2D eigenvalue weighted by atomic mass is 10.2. The van der Waals surface area contributed by atoms with Crippen LogP contribution in [0.4, 0.5) is 4.39 Å². The summed E-state index contributed by atoms with van der Waals surface area (Å²) in [7, 11) is 1.51. The normalized spacial score (nSPS) is 12.1. The number of hydrogen-bond acceptors (Lipinski definition) is 4. The standard InChI is InChI=1S/C16H20FN3O3/c1-23-11-15(21)6-8-18-16(22)10-13-7-9-20(19-13)14-4-2-12(17)3-5-14/h2-5,7,9,15,21H,6,8,10-11H2,1H3,(H,18,22). The van der Waals surface area contributed by atoms with Crippen molar-refractivity contribution in [2.75, 3.05) is 20.3 Å². The van der Waals surface area contributed by atoms with Crippen molar-refractivity contribution in [1.29, 1.82) is 0 Å². The molecule has 0 spiro atoms. The van der Waals surface area contributed by atoms with Gasteiger partial charge in [0, 0.05) is 19.9 Å². The molecule has 0 saturated carbocycles. The molecule has 2 aromatic rings. The van der Waals surface area contributed by atoms with E-state index < -0.39 is 6.10 Å². The molecule has 1 atom stereocenters. The minimum atomic E-state index is -0.585. The number of amides is 1. The van der Waals surface area contributed by atoms with Crippen LogP contribution < -0.4 is 5.32 Å². The van der Waals surface area contributed by atoms with Crippen LogP contribution in [0.15, 0.2) is 36.5 Å². The van der Waals surface area contributed by atoms with E-state index in [2.05, 4.69) is 10.4 Å². The minimum absolute atomic E-state index is 0.147. The number of aliphatic hydroxyl groups is 1. The van der Waals surface area contributed by atoms with Gasteiger partial charge in [-0.15, -0.1) is 0 Å². The molecule has 6 nitrogen and oxygen atoms in total. The summed E-state index contributed by atoms with van der Waals surface area (Å²) in [6.07, 6.45) is 1.72. The Kier molecular flexibility index (Phi) is 6.25. The molecule has 0 aliphatic carbocycles. The number of carbonyl (C=O) groups is 1. The zero-order chi connectivity index (χ0) is 16.7. The highest BCUT2D eigenvalue weighted by atomic mass is 19.1. The predicted octanol–water partition coefficient (Wildman–Crippen LogP) is 1.07. The Morgan fingerprint density at radius 3 is 2.83 bits per heavy atom. The zero-order valence-electron chi connectivity index (χ0n) is 12.9. The molecule has 1 amide bonds. The first-order valence-corrected chi connectivity index (χ1v) is 7.32. The van der Waals surface area contributed by atoms with Crippen LogP contribution in [0.1, 0.15) is 12.1 Å². The van der Waals surface area contributed by atoms with Crippen molar-refractivity contribution in [2.45, 2.75) is 18.9 Å². The van der Waals surface area contributed by atoms with Crippen molar-refractivity contribution in [3.63, 3.8) is 0 Å². The number of hydrogen-bond donors (Lipinski definition) is 2. The number of benzene rings is 1. The maximum absolute atomic E-state index is 12.9. The third kappa shape index (κ3) is 5.46. The smallest absolute Gasteiger partial charge is 0.226 e. The van der Waals surface area contributed by atoms with Gasteiger partial charge >= 0.3 is 0 Å². The fourth-order valence-corrected chi connectivity index (χ4v) is 2.07. The van der Waals surface area contributed by atoms with Gasteiger partial charge in [-0.2, -0.15) is 5.10 Å². The van der Waals surface area contributed by atoms with E-state index in [9.17, 15) is 14.3 Å². The highest BCUT2D eigenvalue weighted by Crippen LogP contribution is 2.09. The summed E-state index contributed by atoms with van der Waals surface area (Å²) < 4.78 is 19.3. The van der Waals surface area contributed by atoms with Gasteiger partial charge in [0.25, 0.3) is 0 Å². The molecule has 0 bridgehead atoms. The van der Waals surface area contributed by atoms with Gasteiger partial charge < -0.3 is 15.2 Å². The van der Waals surface area contributed by atoms with Crippen molar-refractivity contribution >= 4 is 5.91 Å². The lowest BCUT2D eigenvalue weighted by Crippen LogP contribution is -2.29. The van der Waals surface area contributed by atoms with E-state index in [4.69, 9.17) is 4.74 Å². The first kappa shape index (κ1) is 17.1. The molecule has 1 heterocycles. The Balaban J connectivity index is 1.82. The summed E-state index contributed by atoms with van der Waals surface area (Å²) in [5.74, 6) is -0.477. The largest absolute Gasteiger partial charge is 0.391 e. The number of carbonyl (C=O) groups excluding carboxylic acids is 1. The van der Waals surface area contributed by atoms with E-state index in [1.165, 1.54) is 19.2 Å². The highest BCUT2D eigenvalue weighted by molar-refractivity contribution is 5.78. The summed E-state index contributed by atoms with van der Waals surface area (Å²) >= 11 is 0. The van der Waals surface area contributed by atoms with Crippen LogP contribution in [-0.2, 0) is 16.0 Å². The number of rotatable bonds is 8. The average Bonchev–Trinajstić information content (AvgIpc) is 2.96. The number of nitrogens with zero attached hydrogens (tertiary/aromatic N) is 2. The Morgan fingerprint density at radius 1 is 1.39 bits per heavy atom. The Morgan fingerprint density at radius 2 is 2.13 bits per heavy atom. The molecule has 1 unspecified atom stereocenters. The molecule has 0 aliphatic rings. The van der Waals surface area contributed by atoms with E-state index in [1.807, 2.05) is 0 Å². The van der Waals surface area contributed by atoms with Gasteiger partial charge in [-0.05, 0) is 36.8 Å². The number of aliphatic hydroxyl groups excluding tert-OH is 1. The van der Waals surface area contributed by atoms with Crippen LogP contribution in [0.3, 0.4) is 0 Å².